The molecule has 2 rings (SSSR count). The Morgan fingerprint density at radius 3 is 2.80 bits per heavy atom. The third kappa shape index (κ3) is 3.78. The van der Waals surface area contributed by atoms with Gasteiger partial charge < -0.3 is 15.8 Å². The van der Waals surface area contributed by atoms with E-state index in [0.29, 0.717) is 34.4 Å². The van der Waals surface area contributed by atoms with Crippen LogP contribution in [0, 0.1) is 5.82 Å². The maximum atomic E-state index is 13.2. The van der Waals surface area contributed by atoms with E-state index in [9.17, 15) is 4.39 Å². The summed E-state index contributed by atoms with van der Waals surface area (Å²) >= 11 is 6.02. The number of nitrogens with one attached hydrogen (secondary N) is 1. The second-order valence-corrected chi connectivity index (χ2v) is 4.80. The summed E-state index contributed by atoms with van der Waals surface area (Å²) in [5.41, 5.74) is 7.57. The van der Waals surface area contributed by atoms with Crippen molar-refractivity contribution in [1.29, 1.82) is 0 Å². The molecule has 0 saturated heterocycles. The number of hydrogen-bond donors (Lipinski definition) is 2. The number of benzene rings is 2. The van der Waals surface area contributed by atoms with Crippen LogP contribution in [-0.2, 0) is 0 Å². The van der Waals surface area contributed by atoms with Crippen LogP contribution >= 0.6 is 11.6 Å². The normalized spacial score (nSPS) is 10.3. The van der Waals surface area contributed by atoms with Crippen LogP contribution in [0.4, 0.5) is 21.5 Å². The molecule has 0 aliphatic heterocycles. The monoisotopic (exact) mass is 294 g/mol. The molecule has 0 saturated carbocycles. The number of nitrogen functional groups attached to an aromatic ring is 1. The fourth-order valence-corrected chi connectivity index (χ4v) is 1.91. The Kier molecular flexibility index (Phi) is 4.69. The number of halogens is 2. The fraction of sp³-hybridized carbons (Fsp3) is 0.200. The molecule has 0 amide bonds. The van der Waals surface area contributed by atoms with Crippen molar-refractivity contribution in [1.82, 2.24) is 0 Å². The predicted octanol–water partition coefficient (Wildman–Crippen LogP) is 4.59. The van der Waals surface area contributed by atoms with E-state index >= 15 is 0 Å². The number of hydrogen-bond acceptors (Lipinski definition) is 3. The number of nitrogens with two attached hydrogens (primary N) is 1. The predicted molar refractivity (Wildman–Crippen MR) is 81.3 cm³/mol. The Balaban J connectivity index is 2.24. The van der Waals surface area contributed by atoms with Gasteiger partial charge in [-0.15, -0.1) is 0 Å². The van der Waals surface area contributed by atoms with Crippen LogP contribution in [0.1, 0.15) is 13.3 Å². The molecule has 0 fully saturated rings. The number of anilines is 3. The first-order valence-electron chi connectivity index (χ1n) is 6.34. The standard InChI is InChI=1S/C15H16ClFN2O/c1-2-5-20-13-8-11(18)7-12(9-13)19-15-6-10(17)3-4-14(15)16/h3-4,6-9,19H,2,5,18H2,1H3. The number of ether oxygens (including phenoxy) is 1. The molecule has 106 valence electrons. The van der Waals surface area contributed by atoms with Gasteiger partial charge in [0.2, 0.25) is 0 Å². The molecule has 0 aliphatic rings. The van der Waals surface area contributed by atoms with Crippen LogP contribution in [-0.4, -0.2) is 6.61 Å². The van der Waals surface area contributed by atoms with E-state index in [0.717, 1.165) is 6.42 Å². The van der Waals surface area contributed by atoms with Gasteiger partial charge >= 0.3 is 0 Å². The SMILES string of the molecule is CCCOc1cc(N)cc(Nc2cc(F)ccc2Cl)c1. The van der Waals surface area contributed by atoms with Crippen molar-refractivity contribution < 1.29 is 9.13 Å². The molecule has 0 radical (unpaired) electrons. The van der Waals surface area contributed by atoms with Crippen molar-refractivity contribution in [2.75, 3.05) is 17.7 Å². The molecule has 3 N–H and O–H groups in total. The molecular formula is C15H16ClFN2O. The highest BCUT2D eigenvalue weighted by atomic mass is 35.5. The second kappa shape index (κ2) is 6.48. The highest BCUT2D eigenvalue weighted by Crippen LogP contribution is 2.29. The zero-order valence-electron chi connectivity index (χ0n) is 11.1. The molecule has 0 atom stereocenters. The lowest BCUT2D eigenvalue weighted by atomic mass is 10.2. The first kappa shape index (κ1) is 14.5. The van der Waals surface area contributed by atoms with Crippen LogP contribution in [0.2, 0.25) is 5.02 Å². The van der Waals surface area contributed by atoms with Gasteiger partial charge in [0.1, 0.15) is 11.6 Å². The largest absolute Gasteiger partial charge is 0.493 e. The molecular weight excluding hydrogens is 279 g/mol. The van der Waals surface area contributed by atoms with Gasteiger partial charge in [-0.2, -0.15) is 0 Å². The van der Waals surface area contributed by atoms with Crippen molar-refractivity contribution in [2.24, 2.45) is 0 Å². The quantitative estimate of drug-likeness (QED) is 0.793. The average molecular weight is 295 g/mol. The second-order valence-electron chi connectivity index (χ2n) is 4.39. The maximum Gasteiger partial charge on any atom is 0.125 e. The summed E-state index contributed by atoms with van der Waals surface area (Å²) in [6.45, 7) is 2.64. The summed E-state index contributed by atoms with van der Waals surface area (Å²) < 4.78 is 18.8. The zero-order chi connectivity index (χ0) is 14.5. The van der Waals surface area contributed by atoms with Gasteiger partial charge in [-0.25, -0.2) is 4.39 Å². The minimum atomic E-state index is -0.358. The molecule has 0 unspecified atom stereocenters. The molecule has 0 aromatic heterocycles. The van der Waals surface area contributed by atoms with E-state index in [1.165, 1.54) is 18.2 Å². The highest BCUT2D eigenvalue weighted by molar-refractivity contribution is 6.33. The molecule has 0 heterocycles. The van der Waals surface area contributed by atoms with Crippen molar-refractivity contribution in [3.63, 3.8) is 0 Å². The summed E-state index contributed by atoms with van der Waals surface area (Å²) in [6, 6.07) is 9.42. The van der Waals surface area contributed by atoms with Gasteiger partial charge in [0.15, 0.2) is 0 Å². The molecule has 3 nitrogen and oxygen atoms in total. The van der Waals surface area contributed by atoms with Gasteiger partial charge in [-0.05, 0) is 30.7 Å². The fourth-order valence-electron chi connectivity index (χ4n) is 1.75. The van der Waals surface area contributed by atoms with Crippen LogP contribution in [0.5, 0.6) is 5.75 Å². The minimum absolute atomic E-state index is 0.358. The van der Waals surface area contributed by atoms with Gasteiger partial charge in [0, 0.05) is 23.5 Å². The summed E-state index contributed by atoms with van der Waals surface area (Å²) in [6.07, 6.45) is 0.910. The maximum absolute atomic E-state index is 13.2. The number of rotatable bonds is 5. The van der Waals surface area contributed by atoms with Crippen LogP contribution in [0.3, 0.4) is 0 Å². The Morgan fingerprint density at radius 2 is 2.05 bits per heavy atom. The van der Waals surface area contributed by atoms with E-state index in [-0.39, 0.29) is 5.82 Å². The Bertz CT molecular complexity index is 604. The first-order valence-corrected chi connectivity index (χ1v) is 6.71. The minimum Gasteiger partial charge on any atom is -0.493 e. The Labute approximate surface area is 122 Å². The van der Waals surface area contributed by atoms with E-state index < -0.39 is 0 Å². The van der Waals surface area contributed by atoms with Crippen molar-refractivity contribution >= 4 is 28.7 Å². The molecule has 5 heteroatoms. The van der Waals surface area contributed by atoms with Crippen molar-refractivity contribution in [3.8, 4) is 5.75 Å². The Morgan fingerprint density at radius 1 is 1.25 bits per heavy atom. The average Bonchev–Trinajstić information content (AvgIpc) is 2.40. The van der Waals surface area contributed by atoms with Crippen molar-refractivity contribution in [2.45, 2.75) is 13.3 Å². The lowest BCUT2D eigenvalue weighted by Gasteiger charge is -2.12. The van der Waals surface area contributed by atoms with Crippen LogP contribution < -0.4 is 15.8 Å². The first-order chi connectivity index (χ1) is 9.58. The smallest absolute Gasteiger partial charge is 0.125 e. The topological polar surface area (TPSA) is 47.3 Å². The summed E-state index contributed by atoms with van der Waals surface area (Å²) in [5, 5.41) is 3.47. The highest BCUT2D eigenvalue weighted by Gasteiger charge is 2.05. The molecule has 20 heavy (non-hydrogen) atoms. The van der Waals surface area contributed by atoms with E-state index in [2.05, 4.69) is 5.32 Å². The zero-order valence-corrected chi connectivity index (χ0v) is 11.9. The molecule has 2 aromatic rings. The van der Waals surface area contributed by atoms with Crippen molar-refractivity contribution in [3.05, 3.63) is 47.2 Å². The summed E-state index contributed by atoms with van der Waals surface area (Å²) in [7, 11) is 0. The summed E-state index contributed by atoms with van der Waals surface area (Å²) in [4.78, 5) is 0. The van der Waals surface area contributed by atoms with Gasteiger partial charge in [-0.3, -0.25) is 0 Å². The van der Waals surface area contributed by atoms with Gasteiger partial charge in [0.05, 0.1) is 17.3 Å². The molecule has 0 aliphatic carbocycles. The lowest BCUT2D eigenvalue weighted by Crippen LogP contribution is -1.99. The van der Waals surface area contributed by atoms with Crippen LogP contribution in [0.15, 0.2) is 36.4 Å². The van der Waals surface area contributed by atoms with Gasteiger partial charge in [-0.1, -0.05) is 18.5 Å². The third-order valence-electron chi connectivity index (χ3n) is 2.61. The molecule has 0 bridgehead atoms. The summed E-state index contributed by atoms with van der Waals surface area (Å²) in [5.74, 6) is 0.310. The third-order valence-corrected chi connectivity index (χ3v) is 2.94. The van der Waals surface area contributed by atoms with E-state index in [4.69, 9.17) is 22.1 Å². The Hall–Kier alpha value is -1.94. The van der Waals surface area contributed by atoms with E-state index in [1.807, 2.05) is 6.92 Å². The molecule has 0 spiro atoms. The van der Waals surface area contributed by atoms with Gasteiger partial charge in [0.25, 0.3) is 0 Å². The van der Waals surface area contributed by atoms with E-state index in [1.54, 1.807) is 18.2 Å². The molecule has 2 aromatic carbocycles. The van der Waals surface area contributed by atoms with Crippen LogP contribution in [0.25, 0.3) is 0 Å². The lowest BCUT2D eigenvalue weighted by molar-refractivity contribution is 0.318.